The van der Waals surface area contributed by atoms with Crippen LogP contribution in [0.15, 0.2) is 47.4 Å². The first-order chi connectivity index (χ1) is 11.9. The number of anilines is 1. The van der Waals surface area contributed by atoms with Crippen molar-refractivity contribution in [2.24, 2.45) is 0 Å². The van der Waals surface area contributed by atoms with Gasteiger partial charge in [0.1, 0.15) is 0 Å². The third-order valence-corrected chi connectivity index (χ3v) is 5.44. The molecule has 25 heavy (non-hydrogen) atoms. The Labute approximate surface area is 147 Å². The van der Waals surface area contributed by atoms with E-state index in [0.29, 0.717) is 17.2 Å². The number of sulfone groups is 1. The van der Waals surface area contributed by atoms with E-state index in [4.69, 9.17) is 9.47 Å². The van der Waals surface area contributed by atoms with Crippen molar-refractivity contribution in [3.8, 4) is 11.5 Å². The predicted molar refractivity (Wildman–Crippen MR) is 96.0 cm³/mol. The molecule has 0 atom stereocenters. The van der Waals surface area contributed by atoms with Gasteiger partial charge in [-0.3, -0.25) is 4.79 Å². The van der Waals surface area contributed by atoms with Gasteiger partial charge >= 0.3 is 0 Å². The normalized spacial score (nSPS) is 11.0. The van der Waals surface area contributed by atoms with Crippen LogP contribution >= 0.6 is 0 Å². The van der Waals surface area contributed by atoms with E-state index in [1.807, 2.05) is 25.1 Å². The van der Waals surface area contributed by atoms with Gasteiger partial charge in [-0.1, -0.05) is 18.2 Å². The van der Waals surface area contributed by atoms with Gasteiger partial charge in [-0.25, -0.2) is 8.42 Å². The van der Waals surface area contributed by atoms with Crippen LogP contribution in [0.2, 0.25) is 0 Å². The molecule has 2 rings (SSSR count). The van der Waals surface area contributed by atoms with Crippen molar-refractivity contribution in [3.05, 3.63) is 48.0 Å². The van der Waals surface area contributed by atoms with Crippen molar-refractivity contribution in [3.63, 3.8) is 0 Å². The summed E-state index contributed by atoms with van der Waals surface area (Å²) in [5, 5.41) is 2.73. The summed E-state index contributed by atoms with van der Waals surface area (Å²) in [6.45, 7) is 1.87. The topological polar surface area (TPSA) is 81.7 Å². The molecule has 0 spiro atoms. The van der Waals surface area contributed by atoms with Gasteiger partial charge in [0.25, 0.3) is 0 Å². The van der Waals surface area contributed by atoms with Crippen LogP contribution in [0.5, 0.6) is 11.5 Å². The molecule has 1 N–H and O–H groups in total. The van der Waals surface area contributed by atoms with Gasteiger partial charge in [-0.2, -0.15) is 0 Å². The van der Waals surface area contributed by atoms with Crippen LogP contribution < -0.4 is 14.8 Å². The Morgan fingerprint density at radius 1 is 1.04 bits per heavy atom. The minimum absolute atomic E-state index is 0.0915. The molecule has 2 aromatic carbocycles. The van der Waals surface area contributed by atoms with Crippen molar-refractivity contribution < 1.29 is 22.7 Å². The smallest absolute Gasteiger partial charge is 0.225 e. The number of carbonyl (C=O) groups is 1. The molecule has 0 heterocycles. The van der Waals surface area contributed by atoms with Gasteiger partial charge in [0.15, 0.2) is 21.3 Å². The molecule has 0 unspecified atom stereocenters. The van der Waals surface area contributed by atoms with Crippen LogP contribution in [-0.4, -0.2) is 34.3 Å². The van der Waals surface area contributed by atoms with Crippen molar-refractivity contribution in [2.45, 2.75) is 18.2 Å². The number of methoxy groups -OCH3 is 2. The zero-order valence-electron chi connectivity index (χ0n) is 14.4. The lowest BCUT2D eigenvalue weighted by molar-refractivity contribution is -0.115. The quantitative estimate of drug-likeness (QED) is 0.818. The number of ether oxygens (including phenoxy) is 2. The summed E-state index contributed by atoms with van der Waals surface area (Å²) in [4.78, 5) is 12.1. The van der Waals surface area contributed by atoms with Crippen LogP contribution in [0.1, 0.15) is 12.0 Å². The maximum absolute atomic E-state index is 12.4. The summed E-state index contributed by atoms with van der Waals surface area (Å²) in [6.07, 6.45) is -0.134. The summed E-state index contributed by atoms with van der Waals surface area (Å²) in [5.74, 6) is 0.130. The van der Waals surface area contributed by atoms with Gasteiger partial charge in [-0.05, 0) is 30.7 Å². The molecule has 0 radical (unpaired) electrons. The molecule has 6 nitrogen and oxygen atoms in total. The van der Waals surface area contributed by atoms with E-state index in [1.165, 1.54) is 32.4 Å². The number of para-hydroxylation sites is 1. The summed E-state index contributed by atoms with van der Waals surface area (Å²) in [6, 6.07) is 11.7. The first-order valence-corrected chi connectivity index (χ1v) is 9.33. The number of rotatable bonds is 7. The number of carbonyl (C=O) groups excluding carboxylic acids is 1. The van der Waals surface area contributed by atoms with Gasteiger partial charge in [0.2, 0.25) is 5.91 Å². The molecule has 0 aliphatic heterocycles. The van der Waals surface area contributed by atoms with E-state index in [2.05, 4.69) is 5.32 Å². The minimum Gasteiger partial charge on any atom is -0.493 e. The fourth-order valence-electron chi connectivity index (χ4n) is 2.28. The molecule has 7 heteroatoms. The lowest BCUT2D eigenvalue weighted by Gasteiger charge is -2.11. The average molecular weight is 363 g/mol. The van der Waals surface area contributed by atoms with E-state index >= 15 is 0 Å². The van der Waals surface area contributed by atoms with Crippen LogP contribution in [-0.2, 0) is 14.6 Å². The molecule has 0 bridgehead atoms. The highest BCUT2D eigenvalue weighted by molar-refractivity contribution is 7.91. The lowest BCUT2D eigenvalue weighted by Crippen LogP contribution is -2.18. The zero-order chi connectivity index (χ0) is 18.4. The van der Waals surface area contributed by atoms with Crippen LogP contribution in [0.25, 0.3) is 0 Å². The molecule has 1 amide bonds. The van der Waals surface area contributed by atoms with Gasteiger partial charge in [0, 0.05) is 18.2 Å². The molecule has 0 saturated carbocycles. The number of benzene rings is 2. The second-order valence-electron chi connectivity index (χ2n) is 5.45. The minimum atomic E-state index is -3.61. The maximum atomic E-state index is 12.4. The first kappa shape index (κ1) is 18.8. The third-order valence-electron chi connectivity index (χ3n) is 3.73. The largest absolute Gasteiger partial charge is 0.493 e. The molecule has 0 aliphatic carbocycles. The number of hydrogen-bond donors (Lipinski definition) is 1. The van der Waals surface area contributed by atoms with Crippen molar-refractivity contribution >= 4 is 21.4 Å². The van der Waals surface area contributed by atoms with E-state index < -0.39 is 9.84 Å². The van der Waals surface area contributed by atoms with E-state index in [9.17, 15) is 13.2 Å². The average Bonchev–Trinajstić information content (AvgIpc) is 2.61. The Morgan fingerprint density at radius 2 is 1.72 bits per heavy atom. The standard InChI is InChI=1S/C18H21NO5S/c1-13-6-4-5-7-15(13)19-18(20)10-11-25(21,22)14-8-9-16(23-2)17(12-14)24-3/h4-9,12H,10-11H2,1-3H3,(H,19,20). The molecule has 2 aromatic rings. The number of aryl methyl sites for hydroxylation is 1. The molecular weight excluding hydrogens is 342 g/mol. The van der Waals surface area contributed by atoms with Crippen molar-refractivity contribution in [1.29, 1.82) is 0 Å². The van der Waals surface area contributed by atoms with Crippen LogP contribution in [0.3, 0.4) is 0 Å². The second kappa shape index (κ2) is 8.02. The Kier molecular flexibility index (Phi) is 6.03. The van der Waals surface area contributed by atoms with Gasteiger partial charge < -0.3 is 14.8 Å². The highest BCUT2D eigenvalue weighted by atomic mass is 32.2. The third kappa shape index (κ3) is 4.73. The van der Waals surface area contributed by atoms with Crippen LogP contribution in [0.4, 0.5) is 5.69 Å². The van der Waals surface area contributed by atoms with Gasteiger partial charge in [0.05, 0.1) is 24.9 Å². The fraction of sp³-hybridized carbons (Fsp3) is 0.278. The molecule has 0 saturated heterocycles. The van der Waals surface area contributed by atoms with Crippen LogP contribution in [0, 0.1) is 6.92 Å². The van der Waals surface area contributed by atoms with Gasteiger partial charge in [-0.15, -0.1) is 0 Å². The predicted octanol–water partition coefficient (Wildman–Crippen LogP) is 2.81. The molecule has 134 valence electrons. The Balaban J connectivity index is 2.06. The van der Waals surface area contributed by atoms with E-state index in [1.54, 1.807) is 6.07 Å². The molecular formula is C18H21NO5S. The molecule has 0 fully saturated rings. The SMILES string of the molecule is COc1ccc(S(=O)(=O)CCC(=O)Nc2ccccc2C)cc1OC. The Bertz CT molecular complexity index is 862. The number of nitrogens with one attached hydrogen (secondary N) is 1. The zero-order valence-corrected chi connectivity index (χ0v) is 15.2. The Morgan fingerprint density at radius 3 is 2.36 bits per heavy atom. The highest BCUT2D eigenvalue weighted by Crippen LogP contribution is 2.30. The maximum Gasteiger partial charge on any atom is 0.225 e. The highest BCUT2D eigenvalue weighted by Gasteiger charge is 2.19. The number of hydrogen-bond acceptors (Lipinski definition) is 5. The summed E-state index contributed by atoms with van der Waals surface area (Å²) in [5.41, 5.74) is 1.59. The lowest BCUT2D eigenvalue weighted by atomic mass is 10.2. The monoisotopic (exact) mass is 363 g/mol. The van der Waals surface area contributed by atoms with Crippen molar-refractivity contribution in [2.75, 3.05) is 25.3 Å². The molecule has 0 aliphatic rings. The summed E-state index contributed by atoms with van der Waals surface area (Å²) >= 11 is 0. The summed E-state index contributed by atoms with van der Waals surface area (Å²) < 4.78 is 35.1. The van der Waals surface area contributed by atoms with Crippen molar-refractivity contribution in [1.82, 2.24) is 0 Å². The Hall–Kier alpha value is -2.54. The summed E-state index contributed by atoms with van der Waals surface area (Å²) in [7, 11) is -0.703. The second-order valence-corrected chi connectivity index (χ2v) is 7.56. The molecule has 0 aromatic heterocycles. The van der Waals surface area contributed by atoms with E-state index in [0.717, 1.165) is 5.56 Å². The first-order valence-electron chi connectivity index (χ1n) is 7.67. The number of amides is 1. The fourth-order valence-corrected chi connectivity index (χ4v) is 3.53. The van der Waals surface area contributed by atoms with E-state index in [-0.39, 0.29) is 23.0 Å².